The number of Topliss-reactive ketones (excluding diaryl/α,β-unsaturated/α-hetero) is 1. The number of alkyl halides is 1. The van der Waals surface area contributed by atoms with E-state index in [9.17, 15) is 19.5 Å². The van der Waals surface area contributed by atoms with Gasteiger partial charge < -0.3 is 9.84 Å². The lowest BCUT2D eigenvalue weighted by molar-refractivity contribution is -0.153. The molecule has 4 aliphatic carbocycles. The number of halogens is 1. The van der Waals surface area contributed by atoms with Gasteiger partial charge in [-0.2, -0.15) is 0 Å². The van der Waals surface area contributed by atoms with E-state index in [0.717, 1.165) is 6.42 Å². The number of rotatable bonds is 3. The molecule has 30 heavy (non-hydrogen) atoms. The van der Waals surface area contributed by atoms with Crippen LogP contribution in [-0.2, 0) is 19.1 Å². The minimum atomic E-state index is -1.23. The SMILES string of the molecule is CC(=O)OCC(=O)C1C(C)CC2C3CC(F)C4=CC(=O)C=CC4(C)C3C(O)CC21C. The molecule has 9 unspecified atom stereocenters. The van der Waals surface area contributed by atoms with Gasteiger partial charge in [0, 0.05) is 24.2 Å². The Morgan fingerprint density at radius 3 is 2.67 bits per heavy atom. The fourth-order valence-electron chi connectivity index (χ4n) is 7.65. The monoisotopic (exact) mass is 418 g/mol. The summed E-state index contributed by atoms with van der Waals surface area (Å²) >= 11 is 0. The van der Waals surface area contributed by atoms with Gasteiger partial charge in [-0.25, -0.2) is 4.39 Å². The number of aliphatic hydroxyl groups excluding tert-OH is 1. The molecule has 0 amide bonds. The fraction of sp³-hybridized carbons (Fsp3) is 0.708. The van der Waals surface area contributed by atoms with Crippen LogP contribution in [0.2, 0.25) is 0 Å². The quantitative estimate of drug-likeness (QED) is 0.712. The van der Waals surface area contributed by atoms with Crippen molar-refractivity contribution in [2.24, 2.45) is 40.4 Å². The first-order valence-corrected chi connectivity index (χ1v) is 10.9. The van der Waals surface area contributed by atoms with Crippen molar-refractivity contribution in [3.05, 3.63) is 23.8 Å². The largest absolute Gasteiger partial charge is 0.458 e. The molecule has 6 heteroatoms. The van der Waals surface area contributed by atoms with E-state index in [1.165, 1.54) is 19.1 Å². The molecular weight excluding hydrogens is 387 g/mol. The molecule has 0 radical (unpaired) electrons. The van der Waals surface area contributed by atoms with E-state index in [4.69, 9.17) is 4.74 Å². The summed E-state index contributed by atoms with van der Waals surface area (Å²) in [7, 11) is 0. The first-order chi connectivity index (χ1) is 14.0. The molecule has 4 aliphatic rings. The van der Waals surface area contributed by atoms with Gasteiger partial charge >= 0.3 is 5.97 Å². The summed E-state index contributed by atoms with van der Waals surface area (Å²) in [6.45, 7) is 7.03. The number of ether oxygens (including phenoxy) is 1. The van der Waals surface area contributed by atoms with Gasteiger partial charge in [-0.1, -0.05) is 26.8 Å². The summed E-state index contributed by atoms with van der Waals surface area (Å²) in [5.41, 5.74) is -0.685. The first-order valence-electron chi connectivity index (χ1n) is 10.9. The first kappa shape index (κ1) is 21.4. The molecule has 0 heterocycles. The molecule has 0 spiro atoms. The maximum atomic E-state index is 15.3. The minimum Gasteiger partial charge on any atom is -0.458 e. The second-order valence-corrected chi connectivity index (χ2v) is 10.3. The van der Waals surface area contributed by atoms with Crippen LogP contribution < -0.4 is 0 Å². The summed E-state index contributed by atoms with van der Waals surface area (Å²) < 4.78 is 20.3. The summed E-state index contributed by atoms with van der Waals surface area (Å²) in [6, 6.07) is 0. The van der Waals surface area contributed by atoms with E-state index in [1.807, 2.05) is 20.8 Å². The van der Waals surface area contributed by atoms with Gasteiger partial charge in [-0.05, 0) is 60.2 Å². The highest BCUT2D eigenvalue weighted by atomic mass is 19.1. The van der Waals surface area contributed by atoms with Crippen molar-refractivity contribution in [1.82, 2.24) is 0 Å². The molecule has 0 aromatic rings. The zero-order chi connectivity index (χ0) is 22.0. The molecule has 0 bridgehead atoms. The van der Waals surface area contributed by atoms with Crippen molar-refractivity contribution >= 4 is 17.5 Å². The van der Waals surface area contributed by atoms with E-state index in [1.54, 1.807) is 6.08 Å². The number of aliphatic hydroxyl groups is 1. The summed E-state index contributed by atoms with van der Waals surface area (Å²) in [4.78, 5) is 36.1. The minimum absolute atomic E-state index is 0.0697. The third-order valence-corrected chi connectivity index (χ3v) is 8.58. The van der Waals surface area contributed by atoms with E-state index in [-0.39, 0.29) is 54.2 Å². The average Bonchev–Trinajstić information content (AvgIpc) is 2.91. The molecular formula is C24H31FO5. The highest BCUT2D eigenvalue weighted by Crippen LogP contribution is 2.67. The third kappa shape index (κ3) is 3.02. The van der Waals surface area contributed by atoms with Gasteiger partial charge in [0.1, 0.15) is 12.8 Å². The van der Waals surface area contributed by atoms with Crippen LogP contribution in [0.3, 0.4) is 0 Å². The maximum Gasteiger partial charge on any atom is 0.303 e. The maximum absolute atomic E-state index is 15.3. The Labute approximate surface area is 176 Å². The smallest absolute Gasteiger partial charge is 0.303 e. The Morgan fingerprint density at radius 2 is 2.00 bits per heavy atom. The van der Waals surface area contributed by atoms with Gasteiger partial charge in [0.05, 0.1) is 6.10 Å². The molecule has 0 saturated heterocycles. The Bertz CT molecular complexity index is 847. The van der Waals surface area contributed by atoms with Crippen molar-refractivity contribution in [3.8, 4) is 0 Å². The Hall–Kier alpha value is -1.82. The lowest BCUT2D eigenvalue weighted by atomic mass is 9.46. The number of ketones is 2. The van der Waals surface area contributed by atoms with E-state index in [2.05, 4.69) is 0 Å². The number of esters is 1. The predicted molar refractivity (Wildman–Crippen MR) is 108 cm³/mol. The highest BCUT2D eigenvalue weighted by molar-refractivity contribution is 6.01. The zero-order valence-electron chi connectivity index (χ0n) is 18.1. The molecule has 9 atom stereocenters. The van der Waals surface area contributed by atoms with Crippen LogP contribution in [0.5, 0.6) is 0 Å². The Balaban J connectivity index is 1.69. The van der Waals surface area contributed by atoms with Crippen molar-refractivity contribution in [3.63, 3.8) is 0 Å². The van der Waals surface area contributed by atoms with Crippen LogP contribution in [0, 0.1) is 40.4 Å². The number of fused-ring (bicyclic) bond motifs is 5. The number of carbonyl (C=O) groups excluding carboxylic acids is 3. The van der Waals surface area contributed by atoms with Gasteiger partial charge in [0.15, 0.2) is 11.6 Å². The highest BCUT2D eigenvalue weighted by Gasteiger charge is 2.65. The van der Waals surface area contributed by atoms with Crippen LogP contribution >= 0.6 is 0 Å². The molecule has 0 aromatic carbocycles. The fourth-order valence-corrected chi connectivity index (χ4v) is 7.65. The third-order valence-electron chi connectivity index (χ3n) is 8.58. The van der Waals surface area contributed by atoms with Crippen molar-refractivity contribution in [2.75, 3.05) is 6.61 Å². The molecule has 5 nitrogen and oxygen atoms in total. The number of allylic oxidation sites excluding steroid dienone is 4. The van der Waals surface area contributed by atoms with Crippen LogP contribution in [0.4, 0.5) is 4.39 Å². The van der Waals surface area contributed by atoms with E-state index < -0.39 is 29.1 Å². The van der Waals surface area contributed by atoms with Crippen molar-refractivity contribution in [2.45, 2.75) is 59.2 Å². The number of hydrogen-bond donors (Lipinski definition) is 1. The average molecular weight is 419 g/mol. The Morgan fingerprint density at radius 1 is 1.30 bits per heavy atom. The summed E-state index contributed by atoms with van der Waals surface area (Å²) in [5.74, 6) is -1.24. The molecule has 4 rings (SSSR count). The van der Waals surface area contributed by atoms with Crippen LogP contribution in [0.25, 0.3) is 0 Å². The van der Waals surface area contributed by atoms with Crippen LogP contribution in [0.1, 0.15) is 47.0 Å². The van der Waals surface area contributed by atoms with Gasteiger partial charge in [-0.15, -0.1) is 0 Å². The molecule has 0 aliphatic heterocycles. The zero-order valence-corrected chi connectivity index (χ0v) is 18.1. The Kier molecular flexibility index (Phi) is 5.08. The van der Waals surface area contributed by atoms with Gasteiger partial charge in [0.25, 0.3) is 0 Å². The second-order valence-electron chi connectivity index (χ2n) is 10.3. The lowest BCUT2D eigenvalue weighted by Gasteiger charge is -2.59. The summed E-state index contributed by atoms with van der Waals surface area (Å²) in [5, 5.41) is 11.3. The second kappa shape index (κ2) is 7.11. The molecule has 0 aromatic heterocycles. The predicted octanol–water partition coefficient (Wildman–Crippen LogP) is 3.21. The summed E-state index contributed by atoms with van der Waals surface area (Å²) in [6.07, 6.45) is 4.23. The topological polar surface area (TPSA) is 80.7 Å². The molecule has 1 N–H and O–H groups in total. The number of hydrogen-bond acceptors (Lipinski definition) is 5. The normalized spacial score (nSPS) is 47.1. The van der Waals surface area contributed by atoms with Gasteiger partial charge in [-0.3, -0.25) is 14.4 Å². The molecule has 164 valence electrons. The molecule has 3 saturated carbocycles. The number of carbonyl (C=O) groups is 3. The van der Waals surface area contributed by atoms with E-state index in [0.29, 0.717) is 12.0 Å². The van der Waals surface area contributed by atoms with E-state index >= 15 is 4.39 Å². The lowest BCUT2D eigenvalue weighted by Crippen LogP contribution is -2.58. The standard InChI is InChI=1S/C24H31FO5/c1-12-7-16-15-9-18(25)17-8-14(27)5-6-23(17,3)22(15)19(28)10-24(16,4)21(12)20(29)11-30-13(2)26/h5-6,8,12,15-16,18-19,21-22,28H,7,9-11H2,1-4H3. The van der Waals surface area contributed by atoms with Gasteiger partial charge in [0.2, 0.25) is 0 Å². The van der Waals surface area contributed by atoms with Crippen molar-refractivity contribution in [1.29, 1.82) is 0 Å². The van der Waals surface area contributed by atoms with Crippen molar-refractivity contribution < 1.29 is 28.6 Å². The molecule has 3 fully saturated rings. The van der Waals surface area contributed by atoms with Crippen LogP contribution in [0.15, 0.2) is 23.8 Å². The van der Waals surface area contributed by atoms with Crippen LogP contribution in [-0.4, -0.2) is 41.5 Å².